The minimum absolute atomic E-state index is 0.128. The number of fused-ring (bicyclic) bond motifs is 1. The molecule has 1 N–H and O–H groups in total. The van der Waals surface area contributed by atoms with Gasteiger partial charge < -0.3 is 19.2 Å². The molecule has 0 bridgehead atoms. The lowest BCUT2D eigenvalue weighted by molar-refractivity contribution is 0.0916. The number of carbonyl (C=O) groups excluding carboxylic acids is 1. The minimum Gasteiger partial charge on any atom is -0.454 e. The fourth-order valence-electron chi connectivity index (χ4n) is 3.59. The molecule has 1 saturated heterocycles. The highest BCUT2D eigenvalue weighted by molar-refractivity contribution is 7.89. The first-order valence-corrected chi connectivity index (χ1v) is 11.6. The van der Waals surface area contributed by atoms with E-state index in [0.29, 0.717) is 30.2 Å². The molecule has 0 atom stereocenters. The molecule has 5 rings (SSSR count). The van der Waals surface area contributed by atoms with Gasteiger partial charge in [0.05, 0.1) is 4.90 Å². The van der Waals surface area contributed by atoms with E-state index in [9.17, 15) is 13.2 Å². The standard InChI is InChI=1S/C21H20N4O6S/c26-19(22-12-14-3-8-17-18(11-14)30-13-29-17)21-24-23-20(31-21)15-4-6-16(7-5-15)32(27,28)25-9-1-2-10-25/h3-8,11H,1-2,9-10,12-13H2,(H,22,26). The molecule has 3 heterocycles. The number of hydrogen-bond donors (Lipinski definition) is 1. The maximum atomic E-state index is 12.6. The van der Waals surface area contributed by atoms with E-state index in [2.05, 4.69) is 15.5 Å². The van der Waals surface area contributed by atoms with Crippen molar-refractivity contribution in [1.82, 2.24) is 19.8 Å². The number of nitrogens with zero attached hydrogens (tertiary/aromatic N) is 3. The third-order valence-electron chi connectivity index (χ3n) is 5.31. The lowest BCUT2D eigenvalue weighted by Gasteiger charge is -2.15. The van der Waals surface area contributed by atoms with Crippen molar-refractivity contribution in [2.24, 2.45) is 0 Å². The highest BCUT2D eigenvalue weighted by Crippen LogP contribution is 2.32. The first kappa shape index (κ1) is 20.5. The van der Waals surface area contributed by atoms with Crippen molar-refractivity contribution < 1.29 is 27.1 Å². The van der Waals surface area contributed by atoms with Crippen molar-refractivity contribution in [2.45, 2.75) is 24.3 Å². The quantitative estimate of drug-likeness (QED) is 0.599. The molecular weight excluding hydrogens is 436 g/mol. The van der Waals surface area contributed by atoms with Gasteiger partial charge in [-0.3, -0.25) is 4.79 Å². The van der Waals surface area contributed by atoms with Crippen LogP contribution in [-0.4, -0.2) is 48.7 Å². The van der Waals surface area contributed by atoms with Crippen LogP contribution in [0.4, 0.5) is 0 Å². The Morgan fingerprint density at radius 2 is 1.75 bits per heavy atom. The number of amides is 1. The van der Waals surface area contributed by atoms with E-state index in [-0.39, 0.29) is 30.0 Å². The van der Waals surface area contributed by atoms with Crippen LogP contribution in [0.25, 0.3) is 11.5 Å². The Morgan fingerprint density at radius 3 is 2.53 bits per heavy atom. The summed E-state index contributed by atoms with van der Waals surface area (Å²) in [5.41, 5.74) is 1.35. The maximum absolute atomic E-state index is 12.6. The van der Waals surface area contributed by atoms with Gasteiger partial charge in [-0.15, -0.1) is 10.2 Å². The Labute approximate surface area is 184 Å². The van der Waals surface area contributed by atoms with Crippen LogP contribution in [0.3, 0.4) is 0 Å². The second-order valence-electron chi connectivity index (χ2n) is 7.42. The van der Waals surface area contributed by atoms with Crippen LogP contribution in [0, 0.1) is 0 Å². The number of ether oxygens (including phenoxy) is 2. The summed E-state index contributed by atoms with van der Waals surface area (Å²) >= 11 is 0. The first-order valence-electron chi connectivity index (χ1n) is 10.1. The topological polar surface area (TPSA) is 124 Å². The molecule has 2 aliphatic heterocycles. The van der Waals surface area contributed by atoms with E-state index < -0.39 is 15.9 Å². The molecule has 1 fully saturated rings. The van der Waals surface area contributed by atoms with E-state index >= 15 is 0 Å². The van der Waals surface area contributed by atoms with Gasteiger partial charge in [-0.25, -0.2) is 8.42 Å². The third kappa shape index (κ3) is 3.92. The number of aromatic nitrogens is 2. The Balaban J connectivity index is 1.24. The lowest BCUT2D eigenvalue weighted by atomic mass is 10.2. The van der Waals surface area contributed by atoms with E-state index in [1.54, 1.807) is 24.3 Å². The summed E-state index contributed by atoms with van der Waals surface area (Å²) in [6.45, 7) is 1.51. The second kappa shape index (κ2) is 8.24. The summed E-state index contributed by atoms with van der Waals surface area (Å²) in [7, 11) is -3.50. The Hall–Kier alpha value is -3.44. The summed E-state index contributed by atoms with van der Waals surface area (Å²) in [6.07, 6.45) is 1.75. The molecule has 166 valence electrons. The zero-order chi connectivity index (χ0) is 22.1. The molecule has 3 aromatic rings. The Kier molecular flexibility index (Phi) is 5.27. The van der Waals surface area contributed by atoms with Crippen molar-refractivity contribution in [2.75, 3.05) is 19.9 Å². The summed E-state index contributed by atoms with van der Waals surface area (Å²) in [5, 5.41) is 10.4. The van der Waals surface area contributed by atoms with Crippen LogP contribution >= 0.6 is 0 Å². The molecule has 0 saturated carbocycles. The van der Waals surface area contributed by atoms with Gasteiger partial charge in [-0.1, -0.05) is 6.07 Å². The number of benzene rings is 2. The Bertz CT molecular complexity index is 1250. The molecule has 10 nitrogen and oxygen atoms in total. The molecule has 1 aromatic heterocycles. The van der Waals surface area contributed by atoms with Crippen LogP contribution in [0.1, 0.15) is 29.1 Å². The molecule has 11 heteroatoms. The fourth-order valence-corrected chi connectivity index (χ4v) is 5.10. The third-order valence-corrected chi connectivity index (χ3v) is 7.23. The number of hydrogen-bond acceptors (Lipinski definition) is 8. The van der Waals surface area contributed by atoms with Crippen LogP contribution in [-0.2, 0) is 16.6 Å². The normalized spacial score (nSPS) is 15.8. The molecular formula is C21H20N4O6S. The molecule has 0 radical (unpaired) electrons. The molecule has 0 spiro atoms. The van der Waals surface area contributed by atoms with E-state index in [0.717, 1.165) is 18.4 Å². The van der Waals surface area contributed by atoms with Crippen LogP contribution in [0.15, 0.2) is 51.8 Å². The lowest BCUT2D eigenvalue weighted by Crippen LogP contribution is -2.27. The van der Waals surface area contributed by atoms with Gasteiger partial charge in [0, 0.05) is 25.2 Å². The first-order chi connectivity index (χ1) is 15.5. The van der Waals surface area contributed by atoms with Crippen molar-refractivity contribution in [3.8, 4) is 23.0 Å². The van der Waals surface area contributed by atoms with Crippen molar-refractivity contribution in [3.63, 3.8) is 0 Å². The van der Waals surface area contributed by atoms with Gasteiger partial charge in [-0.05, 0) is 54.8 Å². The van der Waals surface area contributed by atoms with Crippen LogP contribution in [0.2, 0.25) is 0 Å². The van der Waals surface area contributed by atoms with Crippen LogP contribution < -0.4 is 14.8 Å². The van der Waals surface area contributed by atoms with Crippen molar-refractivity contribution in [1.29, 1.82) is 0 Å². The van der Waals surface area contributed by atoms with Crippen molar-refractivity contribution >= 4 is 15.9 Å². The smallest absolute Gasteiger partial charge is 0.309 e. The van der Waals surface area contributed by atoms with E-state index in [4.69, 9.17) is 13.9 Å². The van der Waals surface area contributed by atoms with Gasteiger partial charge >= 0.3 is 11.8 Å². The zero-order valence-electron chi connectivity index (χ0n) is 17.0. The maximum Gasteiger partial charge on any atom is 0.309 e. The van der Waals surface area contributed by atoms with Gasteiger partial charge in [0.15, 0.2) is 11.5 Å². The van der Waals surface area contributed by atoms with Gasteiger partial charge in [-0.2, -0.15) is 4.31 Å². The Morgan fingerprint density at radius 1 is 1.00 bits per heavy atom. The molecule has 2 aliphatic rings. The molecule has 32 heavy (non-hydrogen) atoms. The van der Waals surface area contributed by atoms with Gasteiger partial charge in [0.2, 0.25) is 22.7 Å². The highest BCUT2D eigenvalue weighted by atomic mass is 32.2. The number of rotatable bonds is 6. The second-order valence-corrected chi connectivity index (χ2v) is 9.36. The fraction of sp³-hybridized carbons (Fsp3) is 0.286. The molecule has 2 aromatic carbocycles. The SMILES string of the molecule is O=C(NCc1ccc2c(c1)OCO2)c1nnc(-c2ccc(S(=O)(=O)N3CCCC3)cc2)o1. The average Bonchev–Trinajstić information content (AvgIpc) is 3.58. The van der Waals surface area contributed by atoms with E-state index in [1.807, 2.05) is 6.07 Å². The predicted octanol–water partition coefficient (Wildman–Crippen LogP) is 2.18. The zero-order valence-corrected chi connectivity index (χ0v) is 17.8. The number of nitrogens with one attached hydrogen (secondary N) is 1. The van der Waals surface area contributed by atoms with Crippen LogP contribution in [0.5, 0.6) is 11.5 Å². The van der Waals surface area contributed by atoms with Gasteiger partial charge in [0.25, 0.3) is 0 Å². The molecule has 1 amide bonds. The largest absolute Gasteiger partial charge is 0.454 e. The summed E-state index contributed by atoms with van der Waals surface area (Å²) in [4.78, 5) is 12.6. The predicted molar refractivity (Wildman–Crippen MR) is 111 cm³/mol. The van der Waals surface area contributed by atoms with Gasteiger partial charge in [0.1, 0.15) is 0 Å². The number of carbonyl (C=O) groups is 1. The van der Waals surface area contributed by atoms with E-state index in [1.165, 1.54) is 16.4 Å². The monoisotopic (exact) mass is 456 g/mol. The summed E-state index contributed by atoms with van der Waals surface area (Å²) < 4.78 is 42.8. The number of sulfonamides is 1. The highest BCUT2D eigenvalue weighted by Gasteiger charge is 2.27. The average molecular weight is 456 g/mol. The molecule has 0 aliphatic carbocycles. The van der Waals surface area contributed by atoms with Crippen molar-refractivity contribution in [3.05, 3.63) is 53.9 Å². The summed E-state index contributed by atoms with van der Waals surface area (Å²) in [5.74, 6) is 0.723. The summed E-state index contributed by atoms with van der Waals surface area (Å²) in [6, 6.07) is 11.6. The minimum atomic E-state index is -3.50. The molecule has 0 unspecified atom stereocenters.